The number of aromatic nitrogens is 1. The lowest BCUT2D eigenvalue weighted by Gasteiger charge is -2.48. The number of nitrogens with zero attached hydrogens (tertiary/aromatic N) is 1. The van der Waals surface area contributed by atoms with Gasteiger partial charge in [-0.05, 0) is 66.1 Å². The molecule has 2 N–H and O–H groups in total. The fourth-order valence-corrected chi connectivity index (χ4v) is 4.54. The van der Waals surface area contributed by atoms with Gasteiger partial charge in [-0.2, -0.15) is 0 Å². The Morgan fingerprint density at radius 3 is 2.50 bits per heavy atom. The molecule has 1 heterocycles. The maximum Gasteiger partial charge on any atom is 0.307 e. The normalized spacial score (nSPS) is 19.7. The van der Waals surface area contributed by atoms with E-state index in [1.54, 1.807) is 31.2 Å². The predicted molar refractivity (Wildman–Crippen MR) is 122 cm³/mol. The summed E-state index contributed by atoms with van der Waals surface area (Å²) in [5.41, 5.74) is 2.52. The summed E-state index contributed by atoms with van der Waals surface area (Å²) in [7, 11) is 0. The zero-order valence-electron chi connectivity index (χ0n) is 18.9. The van der Waals surface area contributed by atoms with Gasteiger partial charge in [-0.1, -0.05) is 33.8 Å². The summed E-state index contributed by atoms with van der Waals surface area (Å²) in [6.45, 7) is 9.57. The number of aromatic hydroxyl groups is 1. The molecule has 1 fully saturated rings. The molecule has 0 amide bonds. The minimum atomic E-state index is -0.824. The number of halogens is 1. The number of pyridine rings is 1. The van der Waals surface area contributed by atoms with E-state index in [0.29, 0.717) is 23.3 Å². The van der Waals surface area contributed by atoms with E-state index >= 15 is 0 Å². The van der Waals surface area contributed by atoms with E-state index in [0.717, 1.165) is 22.2 Å². The number of carboxylic acids is 1. The second-order valence-corrected chi connectivity index (χ2v) is 9.58. The van der Waals surface area contributed by atoms with Gasteiger partial charge in [-0.15, -0.1) is 0 Å². The van der Waals surface area contributed by atoms with Crippen LogP contribution in [0.3, 0.4) is 0 Å². The summed E-state index contributed by atoms with van der Waals surface area (Å²) in [6, 6.07) is 10.0. The van der Waals surface area contributed by atoms with Gasteiger partial charge in [-0.3, -0.25) is 4.79 Å². The number of aryl methyl sites for hydroxylation is 1. The molecule has 0 spiro atoms. The van der Waals surface area contributed by atoms with Crippen LogP contribution < -0.4 is 4.74 Å². The van der Waals surface area contributed by atoms with Gasteiger partial charge in [0.1, 0.15) is 17.7 Å². The van der Waals surface area contributed by atoms with Crippen molar-refractivity contribution >= 4 is 16.7 Å². The van der Waals surface area contributed by atoms with E-state index in [-0.39, 0.29) is 23.6 Å². The molecular weight excluding hydrogens is 409 g/mol. The van der Waals surface area contributed by atoms with Crippen LogP contribution in [0, 0.1) is 24.1 Å². The molecule has 5 nitrogen and oxygen atoms in total. The molecule has 6 heteroatoms. The van der Waals surface area contributed by atoms with Crippen LogP contribution in [0.1, 0.15) is 51.3 Å². The Hall–Kier alpha value is -3.15. The van der Waals surface area contributed by atoms with Gasteiger partial charge in [0.15, 0.2) is 0 Å². The van der Waals surface area contributed by atoms with E-state index < -0.39 is 17.3 Å². The first kappa shape index (κ1) is 22.1. The third-order valence-corrected chi connectivity index (χ3v) is 6.70. The predicted octanol–water partition coefficient (Wildman–Crippen LogP) is 6.06. The molecular formula is C26H28FNO4. The van der Waals surface area contributed by atoms with E-state index in [1.807, 2.05) is 33.8 Å². The number of phenols is 1. The first-order chi connectivity index (χ1) is 15.0. The molecule has 1 aliphatic rings. The molecule has 0 aliphatic heterocycles. The van der Waals surface area contributed by atoms with Crippen LogP contribution in [-0.2, 0) is 4.79 Å². The molecule has 1 aliphatic carbocycles. The van der Waals surface area contributed by atoms with Crippen LogP contribution in [-0.4, -0.2) is 27.3 Å². The van der Waals surface area contributed by atoms with Crippen LogP contribution in [0.2, 0.25) is 0 Å². The van der Waals surface area contributed by atoms with Crippen molar-refractivity contribution in [3.05, 3.63) is 53.5 Å². The van der Waals surface area contributed by atoms with Gasteiger partial charge in [0, 0.05) is 16.4 Å². The lowest BCUT2D eigenvalue weighted by molar-refractivity contribution is -0.165. The van der Waals surface area contributed by atoms with Crippen molar-refractivity contribution in [2.24, 2.45) is 11.3 Å². The summed E-state index contributed by atoms with van der Waals surface area (Å²) in [5, 5.41) is 21.1. The number of hydrogen-bond acceptors (Lipinski definition) is 4. The van der Waals surface area contributed by atoms with Crippen molar-refractivity contribution < 1.29 is 24.1 Å². The highest BCUT2D eigenvalue weighted by atomic mass is 19.1. The first-order valence-corrected chi connectivity index (χ1v) is 10.8. The van der Waals surface area contributed by atoms with E-state index in [2.05, 4.69) is 0 Å². The summed E-state index contributed by atoms with van der Waals surface area (Å²) in [6.07, 6.45) is 0.0980. The Bertz CT molecular complexity index is 1220. The summed E-state index contributed by atoms with van der Waals surface area (Å²) in [4.78, 5) is 16.4. The third kappa shape index (κ3) is 3.57. The van der Waals surface area contributed by atoms with Crippen molar-refractivity contribution in [2.45, 2.75) is 53.1 Å². The molecule has 32 heavy (non-hydrogen) atoms. The Morgan fingerprint density at radius 2 is 1.91 bits per heavy atom. The summed E-state index contributed by atoms with van der Waals surface area (Å²) < 4.78 is 20.2. The third-order valence-electron chi connectivity index (χ3n) is 6.70. The van der Waals surface area contributed by atoms with Gasteiger partial charge in [0.25, 0.3) is 0 Å². The molecule has 168 valence electrons. The van der Waals surface area contributed by atoms with E-state index in [4.69, 9.17) is 9.72 Å². The first-order valence-electron chi connectivity index (χ1n) is 10.8. The van der Waals surface area contributed by atoms with Crippen molar-refractivity contribution in [3.8, 4) is 22.8 Å². The monoisotopic (exact) mass is 437 g/mol. The van der Waals surface area contributed by atoms with Crippen molar-refractivity contribution in [3.63, 3.8) is 0 Å². The van der Waals surface area contributed by atoms with Crippen LogP contribution >= 0.6 is 0 Å². The number of carboxylic acid groups (broad SMARTS) is 1. The molecule has 3 aromatic rings. The molecule has 2 unspecified atom stereocenters. The maximum atomic E-state index is 13.9. The van der Waals surface area contributed by atoms with Crippen LogP contribution in [0.15, 0.2) is 36.4 Å². The van der Waals surface area contributed by atoms with Gasteiger partial charge >= 0.3 is 5.97 Å². The van der Waals surface area contributed by atoms with Crippen molar-refractivity contribution in [2.75, 3.05) is 0 Å². The van der Waals surface area contributed by atoms with Gasteiger partial charge in [0.05, 0.1) is 11.6 Å². The van der Waals surface area contributed by atoms with Crippen molar-refractivity contribution in [1.82, 2.24) is 4.98 Å². The Balaban J connectivity index is 1.90. The van der Waals surface area contributed by atoms with E-state index in [9.17, 15) is 19.4 Å². The average molecular weight is 438 g/mol. The molecule has 1 saturated carbocycles. The number of carbonyl (C=O) groups is 1. The minimum Gasteiger partial charge on any atom is -0.508 e. The summed E-state index contributed by atoms with van der Waals surface area (Å²) >= 11 is 0. The van der Waals surface area contributed by atoms with E-state index in [1.165, 1.54) is 6.07 Å². The molecule has 2 aromatic carbocycles. The quantitative estimate of drug-likeness (QED) is 0.507. The Kier molecular flexibility index (Phi) is 5.35. The molecule has 0 saturated heterocycles. The SMILES string of the molecule is Cc1cc(-c2c(C(C)C)nc(OC3CC(C(=O)O)C3(C)C)c3cc(O)ccc23)ccc1F. The Labute approximate surface area is 186 Å². The van der Waals surface area contributed by atoms with Gasteiger partial charge in [-0.25, -0.2) is 9.37 Å². The number of ether oxygens (including phenoxy) is 1. The van der Waals surface area contributed by atoms with Gasteiger partial charge < -0.3 is 14.9 Å². The molecule has 2 atom stereocenters. The number of phenolic OH excluding ortho intramolecular Hbond substituents is 1. The second kappa shape index (κ2) is 7.76. The lowest BCUT2D eigenvalue weighted by Crippen LogP contribution is -2.55. The topological polar surface area (TPSA) is 79.7 Å². The smallest absolute Gasteiger partial charge is 0.307 e. The summed E-state index contributed by atoms with van der Waals surface area (Å²) in [5.74, 6) is -1.05. The molecule has 0 radical (unpaired) electrons. The fraction of sp³-hybridized carbons (Fsp3) is 0.385. The average Bonchev–Trinajstić information content (AvgIpc) is 2.71. The highest BCUT2D eigenvalue weighted by Gasteiger charge is 2.54. The number of rotatable bonds is 5. The number of benzene rings is 2. The van der Waals surface area contributed by atoms with Crippen LogP contribution in [0.4, 0.5) is 4.39 Å². The highest BCUT2D eigenvalue weighted by molar-refractivity contribution is 6.01. The molecule has 0 bridgehead atoms. The number of aliphatic carboxylic acids is 1. The van der Waals surface area contributed by atoms with Crippen LogP contribution in [0.25, 0.3) is 21.9 Å². The minimum absolute atomic E-state index is 0.0529. The number of hydrogen-bond donors (Lipinski definition) is 2. The lowest BCUT2D eigenvalue weighted by atomic mass is 9.60. The van der Waals surface area contributed by atoms with Crippen LogP contribution in [0.5, 0.6) is 11.6 Å². The molecule has 1 aromatic heterocycles. The second-order valence-electron chi connectivity index (χ2n) is 9.58. The Morgan fingerprint density at radius 1 is 1.19 bits per heavy atom. The molecule has 4 rings (SSSR count). The maximum absolute atomic E-state index is 13.9. The van der Waals surface area contributed by atoms with Gasteiger partial charge in [0.2, 0.25) is 5.88 Å². The largest absolute Gasteiger partial charge is 0.508 e. The zero-order chi connectivity index (χ0) is 23.4. The van der Waals surface area contributed by atoms with Crippen molar-refractivity contribution in [1.29, 1.82) is 0 Å². The number of fused-ring (bicyclic) bond motifs is 1. The standard InChI is InChI=1S/C26H28FNO4/c1-13(2)23-22(15-6-9-20(27)14(3)10-15)17-8-7-16(29)11-18(17)24(28-23)32-21-12-19(25(30)31)26(21,4)5/h6-11,13,19,21,29H,12H2,1-5H3,(H,30,31). The highest BCUT2D eigenvalue weighted by Crippen LogP contribution is 2.49. The fourth-order valence-electron chi connectivity index (χ4n) is 4.54. The zero-order valence-corrected chi connectivity index (χ0v) is 18.9.